The molecule has 0 radical (unpaired) electrons. The molecule has 84 valence electrons. The minimum absolute atomic E-state index is 0.0648. The molecule has 15 heavy (non-hydrogen) atoms. The summed E-state index contributed by atoms with van der Waals surface area (Å²) in [4.78, 5) is 16.4. The predicted octanol–water partition coefficient (Wildman–Crippen LogP) is 2.44. The van der Waals surface area contributed by atoms with Crippen LogP contribution in [0, 0.1) is 12.8 Å². The molecule has 0 saturated carbocycles. The van der Waals surface area contributed by atoms with Crippen molar-refractivity contribution >= 4 is 28.8 Å². The quantitative estimate of drug-likeness (QED) is 0.830. The van der Waals surface area contributed by atoms with Crippen LogP contribution in [0.15, 0.2) is 6.20 Å². The molecule has 2 unspecified atom stereocenters. The van der Waals surface area contributed by atoms with Crippen LogP contribution >= 0.6 is 22.9 Å². The molecule has 1 heterocycles. The number of carbonyl (C=O) groups is 1. The molecule has 0 aliphatic rings. The van der Waals surface area contributed by atoms with Gasteiger partial charge in [-0.15, -0.1) is 22.9 Å². The van der Waals surface area contributed by atoms with Gasteiger partial charge in [-0.3, -0.25) is 4.79 Å². The van der Waals surface area contributed by atoms with Crippen molar-refractivity contribution in [2.24, 2.45) is 5.92 Å². The molecule has 1 N–H and O–H groups in total. The van der Waals surface area contributed by atoms with Gasteiger partial charge in [0.15, 0.2) is 0 Å². The molecule has 1 aromatic heterocycles. The van der Waals surface area contributed by atoms with Gasteiger partial charge in [0.05, 0.1) is 11.2 Å². The maximum absolute atomic E-state index is 11.7. The third kappa shape index (κ3) is 3.47. The molecule has 0 aromatic carbocycles. The summed E-state index contributed by atoms with van der Waals surface area (Å²) in [6, 6.07) is 0.0809. The lowest BCUT2D eigenvalue weighted by Gasteiger charge is -2.18. The third-order valence-electron chi connectivity index (χ3n) is 2.30. The van der Waals surface area contributed by atoms with Gasteiger partial charge in [-0.1, -0.05) is 6.92 Å². The Morgan fingerprint density at radius 3 is 2.80 bits per heavy atom. The molecular weight excluding hydrogens is 232 g/mol. The molecule has 0 aliphatic heterocycles. The fraction of sp³-hybridized carbons (Fsp3) is 0.600. The summed E-state index contributed by atoms with van der Waals surface area (Å²) < 4.78 is 0. The van der Waals surface area contributed by atoms with Crippen LogP contribution in [-0.4, -0.2) is 22.8 Å². The zero-order valence-corrected chi connectivity index (χ0v) is 10.7. The number of nitrogens with one attached hydrogen (secondary N) is 1. The number of hydrogen-bond donors (Lipinski definition) is 1. The number of aromatic nitrogens is 1. The first-order valence-electron chi connectivity index (χ1n) is 4.84. The van der Waals surface area contributed by atoms with Gasteiger partial charge in [0.25, 0.3) is 5.91 Å². The Morgan fingerprint density at radius 2 is 2.33 bits per heavy atom. The highest BCUT2D eigenvalue weighted by Gasteiger charge is 2.16. The fourth-order valence-electron chi connectivity index (χ4n) is 1.02. The van der Waals surface area contributed by atoms with Crippen molar-refractivity contribution in [3.05, 3.63) is 16.1 Å². The van der Waals surface area contributed by atoms with Crippen molar-refractivity contribution in [2.45, 2.75) is 26.8 Å². The fourth-order valence-corrected chi connectivity index (χ4v) is 1.97. The molecule has 0 fully saturated rings. The van der Waals surface area contributed by atoms with E-state index in [9.17, 15) is 4.79 Å². The normalized spacial score (nSPS) is 14.7. The minimum atomic E-state index is -0.0648. The second kappa shape index (κ2) is 5.47. The highest BCUT2D eigenvalue weighted by Crippen LogP contribution is 2.12. The van der Waals surface area contributed by atoms with Gasteiger partial charge in [0, 0.05) is 11.9 Å². The zero-order valence-electron chi connectivity index (χ0n) is 9.08. The molecule has 0 aliphatic carbocycles. The van der Waals surface area contributed by atoms with Crippen LogP contribution < -0.4 is 5.32 Å². The van der Waals surface area contributed by atoms with E-state index in [1.54, 1.807) is 6.20 Å². The SMILES string of the molecule is Cc1ncc(C(=O)NC(C)C(C)CCl)s1. The first-order valence-corrected chi connectivity index (χ1v) is 6.19. The number of aryl methyl sites for hydroxylation is 1. The van der Waals surface area contributed by atoms with Crippen LogP contribution in [0.3, 0.4) is 0 Å². The number of carbonyl (C=O) groups excluding carboxylic acids is 1. The van der Waals surface area contributed by atoms with E-state index < -0.39 is 0 Å². The summed E-state index contributed by atoms with van der Waals surface area (Å²) in [6.45, 7) is 5.85. The van der Waals surface area contributed by atoms with Gasteiger partial charge in [0.1, 0.15) is 4.88 Å². The number of hydrogen-bond acceptors (Lipinski definition) is 3. The summed E-state index contributed by atoms with van der Waals surface area (Å²) in [5, 5.41) is 3.81. The Bertz CT molecular complexity index is 340. The van der Waals surface area contributed by atoms with Crippen molar-refractivity contribution in [1.82, 2.24) is 10.3 Å². The largest absolute Gasteiger partial charge is 0.349 e. The first kappa shape index (κ1) is 12.5. The summed E-state index contributed by atoms with van der Waals surface area (Å²) in [6.07, 6.45) is 1.60. The number of amides is 1. The molecule has 2 atom stereocenters. The Morgan fingerprint density at radius 1 is 1.67 bits per heavy atom. The molecule has 0 spiro atoms. The van der Waals surface area contributed by atoms with Crippen molar-refractivity contribution in [3.63, 3.8) is 0 Å². The Labute approximate surface area is 98.9 Å². The summed E-state index contributed by atoms with van der Waals surface area (Å²) in [5.74, 6) is 0.748. The maximum Gasteiger partial charge on any atom is 0.263 e. The van der Waals surface area contributed by atoms with Gasteiger partial charge in [0.2, 0.25) is 0 Å². The Kier molecular flexibility index (Phi) is 4.54. The molecule has 1 aromatic rings. The number of alkyl halides is 1. The summed E-state index contributed by atoms with van der Waals surface area (Å²) in [5.41, 5.74) is 0. The molecule has 5 heteroatoms. The van der Waals surface area contributed by atoms with Crippen LogP contribution in [0.2, 0.25) is 0 Å². The van der Waals surface area contributed by atoms with Crippen molar-refractivity contribution < 1.29 is 4.79 Å². The van der Waals surface area contributed by atoms with Crippen LogP contribution in [-0.2, 0) is 0 Å². The van der Waals surface area contributed by atoms with Gasteiger partial charge in [-0.05, 0) is 19.8 Å². The van der Waals surface area contributed by atoms with E-state index in [1.807, 2.05) is 20.8 Å². The maximum atomic E-state index is 11.7. The number of thiazole rings is 1. The van der Waals surface area contributed by atoms with Crippen molar-refractivity contribution in [3.8, 4) is 0 Å². The predicted molar refractivity (Wildman–Crippen MR) is 63.7 cm³/mol. The highest BCUT2D eigenvalue weighted by atomic mass is 35.5. The second-order valence-electron chi connectivity index (χ2n) is 3.64. The number of nitrogens with zero attached hydrogens (tertiary/aromatic N) is 1. The molecule has 1 amide bonds. The Hall–Kier alpha value is -0.610. The number of halogens is 1. The van der Waals surface area contributed by atoms with E-state index in [0.717, 1.165) is 5.01 Å². The van der Waals surface area contributed by atoms with Gasteiger partial charge >= 0.3 is 0 Å². The topological polar surface area (TPSA) is 42.0 Å². The van der Waals surface area contributed by atoms with E-state index in [0.29, 0.717) is 10.8 Å². The van der Waals surface area contributed by atoms with E-state index in [2.05, 4.69) is 10.3 Å². The molecule has 0 saturated heterocycles. The monoisotopic (exact) mass is 246 g/mol. The molecular formula is C10H15ClN2OS. The van der Waals surface area contributed by atoms with Crippen LogP contribution in [0.5, 0.6) is 0 Å². The van der Waals surface area contributed by atoms with E-state index >= 15 is 0 Å². The second-order valence-corrected chi connectivity index (χ2v) is 5.18. The van der Waals surface area contributed by atoms with Gasteiger partial charge < -0.3 is 5.32 Å². The molecule has 1 rings (SSSR count). The van der Waals surface area contributed by atoms with E-state index in [-0.39, 0.29) is 17.9 Å². The van der Waals surface area contributed by atoms with Crippen LogP contribution in [0.1, 0.15) is 28.5 Å². The lowest BCUT2D eigenvalue weighted by Crippen LogP contribution is -2.37. The molecule has 0 bridgehead atoms. The van der Waals surface area contributed by atoms with E-state index in [1.165, 1.54) is 11.3 Å². The lowest BCUT2D eigenvalue weighted by atomic mass is 10.1. The number of rotatable bonds is 4. The van der Waals surface area contributed by atoms with Crippen LogP contribution in [0.25, 0.3) is 0 Å². The van der Waals surface area contributed by atoms with Gasteiger partial charge in [-0.2, -0.15) is 0 Å². The minimum Gasteiger partial charge on any atom is -0.349 e. The average molecular weight is 247 g/mol. The van der Waals surface area contributed by atoms with Crippen molar-refractivity contribution in [2.75, 3.05) is 5.88 Å². The first-order chi connectivity index (χ1) is 7.04. The van der Waals surface area contributed by atoms with E-state index in [4.69, 9.17) is 11.6 Å². The highest BCUT2D eigenvalue weighted by molar-refractivity contribution is 7.13. The smallest absolute Gasteiger partial charge is 0.263 e. The third-order valence-corrected chi connectivity index (χ3v) is 3.70. The Balaban J connectivity index is 2.56. The van der Waals surface area contributed by atoms with Crippen molar-refractivity contribution in [1.29, 1.82) is 0 Å². The standard InChI is InChI=1S/C10H15ClN2OS/c1-6(4-11)7(2)13-10(14)9-5-12-8(3)15-9/h5-7H,4H2,1-3H3,(H,13,14). The zero-order chi connectivity index (χ0) is 11.4. The molecule has 3 nitrogen and oxygen atoms in total. The summed E-state index contributed by atoms with van der Waals surface area (Å²) in [7, 11) is 0. The van der Waals surface area contributed by atoms with Gasteiger partial charge in [-0.25, -0.2) is 4.98 Å². The van der Waals surface area contributed by atoms with Crippen LogP contribution in [0.4, 0.5) is 0 Å². The summed E-state index contributed by atoms with van der Waals surface area (Å²) >= 11 is 7.12. The lowest BCUT2D eigenvalue weighted by molar-refractivity contribution is 0.0935. The average Bonchev–Trinajstić information content (AvgIpc) is 2.63.